The van der Waals surface area contributed by atoms with Crippen molar-refractivity contribution in [1.29, 1.82) is 0 Å². The second-order valence-corrected chi connectivity index (χ2v) is 8.04. The summed E-state index contributed by atoms with van der Waals surface area (Å²) in [6.45, 7) is 18.1. The van der Waals surface area contributed by atoms with E-state index in [0.717, 1.165) is 19.0 Å². The third kappa shape index (κ3) is 7.84. The first kappa shape index (κ1) is 19.4. The molecule has 1 atom stereocenters. The minimum absolute atomic E-state index is 0.232. The lowest BCUT2D eigenvalue weighted by atomic mass is 9.79. The van der Waals surface area contributed by atoms with E-state index < -0.39 is 0 Å². The van der Waals surface area contributed by atoms with Gasteiger partial charge in [-0.05, 0) is 45.7 Å². The molecule has 0 rings (SSSR count). The zero-order valence-electron chi connectivity index (χ0n) is 15.3. The van der Waals surface area contributed by atoms with Crippen LogP contribution in [-0.2, 0) is 0 Å². The molecule has 0 aromatic heterocycles. The zero-order chi connectivity index (χ0) is 16.0. The van der Waals surface area contributed by atoms with Crippen molar-refractivity contribution in [1.82, 2.24) is 4.90 Å². The van der Waals surface area contributed by atoms with Crippen molar-refractivity contribution >= 4 is 6.21 Å². The van der Waals surface area contributed by atoms with Gasteiger partial charge in [0.15, 0.2) is 6.21 Å². The highest BCUT2D eigenvalue weighted by Crippen LogP contribution is 2.28. The van der Waals surface area contributed by atoms with Gasteiger partial charge in [-0.25, -0.2) is 4.58 Å². The highest BCUT2D eigenvalue weighted by Gasteiger charge is 2.25. The topological polar surface area (TPSA) is 6.25 Å². The van der Waals surface area contributed by atoms with Crippen LogP contribution in [0.25, 0.3) is 0 Å². The van der Waals surface area contributed by atoms with Gasteiger partial charge < -0.3 is 0 Å². The van der Waals surface area contributed by atoms with Gasteiger partial charge in [0.25, 0.3) is 0 Å². The maximum Gasteiger partial charge on any atom is 0.162 e. The molecule has 0 aliphatic heterocycles. The summed E-state index contributed by atoms with van der Waals surface area (Å²) in [6, 6.07) is 0. The fourth-order valence-electron chi connectivity index (χ4n) is 2.12. The monoisotopic (exact) mass is 281 g/mol. The number of hydrogen-bond acceptors (Lipinski definition) is 1. The first-order chi connectivity index (χ1) is 8.98. The summed E-state index contributed by atoms with van der Waals surface area (Å²) in [7, 11) is 4.34. The highest BCUT2D eigenvalue weighted by molar-refractivity contribution is 5.66. The molecule has 0 aliphatic rings. The quantitative estimate of drug-likeness (QED) is 0.526. The van der Waals surface area contributed by atoms with Gasteiger partial charge in [0.1, 0.15) is 13.6 Å². The molecule has 2 nitrogen and oxygen atoms in total. The molecule has 0 bridgehead atoms. The first-order valence-electron chi connectivity index (χ1n) is 7.90. The Kier molecular flexibility index (Phi) is 7.72. The molecule has 118 valence electrons. The van der Waals surface area contributed by atoms with E-state index in [2.05, 4.69) is 90.4 Å². The average molecular weight is 282 g/mol. The summed E-state index contributed by atoms with van der Waals surface area (Å²) < 4.78 is 2.31. The molecule has 0 aromatic rings. The van der Waals surface area contributed by atoms with Crippen molar-refractivity contribution in [2.75, 3.05) is 27.2 Å². The number of likely N-dealkylation sites (N-methyl/N-ethyl adjacent to an activating group) is 1. The van der Waals surface area contributed by atoms with Crippen LogP contribution in [0.4, 0.5) is 0 Å². The third-order valence-corrected chi connectivity index (χ3v) is 4.23. The molecular formula is C18H37N2+. The Morgan fingerprint density at radius 2 is 1.65 bits per heavy atom. The standard InChI is InChI=1S/C18H37N2/c1-10-16(17(2,3)4)15-19(8)13-11-12-14-20(9)18(5,6)7/h11-13,16H,10,14-15H2,1-9H3/q+1. The molecule has 20 heavy (non-hydrogen) atoms. The second-order valence-electron chi connectivity index (χ2n) is 8.04. The van der Waals surface area contributed by atoms with E-state index in [-0.39, 0.29) is 5.54 Å². The Morgan fingerprint density at radius 3 is 2.05 bits per heavy atom. The zero-order valence-corrected chi connectivity index (χ0v) is 15.3. The lowest BCUT2D eigenvalue weighted by Gasteiger charge is -2.30. The molecule has 0 heterocycles. The van der Waals surface area contributed by atoms with E-state index in [1.807, 2.05) is 0 Å². The van der Waals surface area contributed by atoms with Crippen molar-refractivity contribution in [3.63, 3.8) is 0 Å². The van der Waals surface area contributed by atoms with Crippen LogP contribution < -0.4 is 0 Å². The average Bonchev–Trinajstić information content (AvgIpc) is 2.28. The van der Waals surface area contributed by atoms with Gasteiger partial charge in [0.05, 0.1) is 0 Å². The molecule has 2 heteroatoms. The molecule has 0 saturated heterocycles. The maximum absolute atomic E-state index is 2.35. The van der Waals surface area contributed by atoms with Crippen molar-refractivity contribution in [3.8, 4) is 0 Å². The van der Waals surface area contributed by atoms with E-state index >= 15 is 0 Å². The fourth-order valence-corrected chi connectivity index (χ4v) is 2.12. The third-order valence-electron chi connectivity index (χ3n) is 4.23. The molecule has 0 radical (unpaired) electrons. The smallest absolute Gasteiger partial charge is 0.162 e. The summed E-state index contributed by atoms with van der Waals surface area (Å²) in [5.41, 5.74) is 0.614. The number of hydrogen-bond donors (Lipinski definition) is 0. The lowest BCUT2D eigenvalue weighted by Crippen LogP contribution is -2.38. The van der Waals surface area contributed by atoms with Crippen LogP contribution >= 0.6 is 0 Å². The summed E-state index contributed by atoms with van der Waals surface area (Å²) in [5, 5.41) is 0. The normalized spacial score (nSPS) is 16.2. The van der Waals surface area contributed by atoms with Gasteiger partial charge in [0, 0.05) is 18.0 Å². The van der Waals surface area contributed by atoms with Gasteiger partial charge in [-0.1, -0.05) is 33.8 Å². The molecule has 0 fully saturated rings. The predicted molar refractivity (Wildman–Crippen MR) is 91.9 cm³/mol. The number of rotatable bonds is 6. The van der Waals surface area contributed by atoms with Crippen LogP contribution in [0, 0.1) is 11.3 Å². The van der Waals surface area contributed by atoms with Crippen molar-refractivity contribution in [3.05, 3.63) is 12.2 Å². The summed E-state index contributed by atoms with van der Waals surface area (Å²) in [6.07, 6.45) is 7.85. The molecule has 0 amide bonds. The summed E-state index contributed by atoms with van der Waals surface area (Å²) in [4.78, 5) is 2.35. The molecular weight excluding hydrogens is 244 g/mol. The second kappa shape index (κ2) is 7.97. The van der Waals surface area contributed by atoms with Crippen LogP contribution in [0.3, 0.4) is 0 Å². The van der Waals surface area contributed by atoms with Gasteiger partial charge in [0.2, 0.25) is 0 Å². The van der Waals surface area contributed by atoms with E-state index in [1.165, 1.54) is 6.42 Å². The summed E-state index contributed by atoms with van der Waals surface area (Å²) in [5.74, 6) is 0.731. The first-order valence-corrected chi connectivity index (χ1v) is 7.90. The molecule has 1 unspecified atom stereocenters. The Balaban J connectivity index is 4.40. The van der Waals surface area contributed by atoms with Gasteiger partial charge in [-0.2, -0.15) is 0 Å². The number of nitrogens with zero attached hydrogens (tertiary/aromatic N) is 2. The van der Waals surface area contributed by atoms with Gasteiger partial charge in [-0.15, -0.1) is 0 Å². The van der Waals surface area contributed by atoms with E-state index in [4.69, 9.17) is 0 Å². The Labute approximate surface area is 127 Å². The fraction of sp³-hybridized carbons (Fsp3) is 0.833. The minimum Gasteiger partial charge on any atom is -0.298 e. The highest BCUT2D eigenvalue weighted by atomic mass is 15.1. The number of allylic oxidation sites excluding steroid dienone is 1. The van der Waals surface area contributed by atoms with Crippen molar-refractivity contribution < 1.29 is 4.58 Å². The van der Waals surface area contributed by atoms with Crippen LogP contribution in [-0.4, -0.2) is 48.4 Å². The summed E-state index contributed by atoms with van der Waals surface area (Å²) >= 11 is 0. The molecule has 0 saturated carbocycles. The molecule has 0 spiro atoms. The van der Waals surface area contributed by atoms with Gasteiger partial charge in [-0.3, -0.25) is 4.90 Å². The van der Waals surface area contributed by atoms with Gasteiger partial charge >= 0.3 is 0 Å². The minimum atomic E-state index is 0.232. The lowest BCUT2D eigenvalue weighted by molar-refractivity contribution is -0.503. The SMILES string of the molecule is CCC(C[N+](C)=CC=CCN(C)C(C)(C)C)C(C)(C)C. The van der Waals surface area contributed by atoms with Crippen molar-refractivity contribution in [2.24, 2.45) is 11.3 Å². The van der Waals surface area contributed by atoms with Crippen molar-refractivity contribution in [2.45, 2.75) is 60.4 Å². The molecule has 0 N–H and O–H groups in total. The van der Waals surface area contributed by atoms with E-state index in [0.29, 0.717) is 5.41 Å². The largest absolute Gasteiger partial charge is 0.298 e. The van der Waals surface area contributed by atoms with Crippen LogP contribution in [0.5, 0.6) is 0 Å². The van der Waals surface area contributed by atoms with Crippen LogP contribution in [0.1, 0.15) is 54.9 Å². The predicted octanol–water partition coefficient (Wildman–Crippen LogP) is 4.06. The maximum atomic E-state index is 2.35. The van der Waals surface area contributed by atoms with Crippen LogP contribution in [0.2, 0.25) is 0 Å². The molecule has 0 aliphatic carbocycles. The Morgan fingerprint density at radius 1 is 1.10 bits per heavy atom. The Hall–Kier alpha value is -0.630. The van der Waals surface area contributed by atoms with E-state index in [1.54, 1.807) is 0 Å². The molecule has 0 aromatic carbocycles. The van der Waals surface area contributed by atoms with E-state index in [9.17, 15) is 0 Å². The Bertz CT molecular complexity index is 326. The van der Waals surface area contributed by atoms with Crippen LogP contribution in [0.15, 0.2) is 12.2 Å².